The molecule has 2 N–H and O–H groups in total. The van der Waals surface area contributed by atoms with Gasteiger partial charge >= 0.3 is 0 Å². The van der Waals surface area contributed by atoms with Gasteiger partial charge in [-0.05, 0) is 26.0 Å². The molecule has 106 valence electrons. The molecule has 1 amide bonds. The topological polar surface area (TPSA) is 105 Å². The number of amides is 1. The highest BCUT2D eigenvalue weighted by atomic mass is 16.2. The van der Waals surface area contributed by atoms with Crippen LogP contribution < -0.4 is 10.9 Å². The molecule has 8 nitrogen and oxygen atoms in total. The molecule has 0 atom stereocenters. The average molecular weight is 284 g/mol. The molecule has 0 aliphatic heterocycles. The second kappa shape index (κ2) is 4.82. The Balaban J connectivity index is 1.97. The summed E-state index contributed by atoms with van der Waals surface area (Å²) in [5.41, 5.74) is 1.29. The summed E-state index contributed by atoms with van der Waals surface area (Å²) in [5, 5.41) is 5.28. The first-order chi connectivity index (χ1) is 10.1. The molecular weight excluding hydrogens is 272 g/mol. The van der Waals surface area contributed by atoms with Gasteiger partial charge in [0.15, 0.2) is 0 Å². The number of anilines is 1. The number of hydrogen-bond donors (Lipinski definition) is 2. The van der Waals surface area contributed by atoms with E-state index >= 15 is 0 Å². The van der Waals surface area contributed by atoms with Crippen LogP contribution >= 0.6 is 0 Å². The molecule has 0 bridgehead atoms. The van der Waals surface area contributed by atoms with Crippen LogP contribution in [0.5, 0.6) is 0 Å². The highest BCUT2D eigenvalue weighted by Gasteiger charge is 2.12. The van der Waals surface area contributed by atoms with E-state index in [1.807, 2.05) is 0 Å². The average Bonchev–Trinajstić information content (AvgIpc) is 2.88. The minimum Gasteiger partial charge on any atom is -0.291 e. The molecule has 0 fully saturated rings. The van der Waals surface area contributed by atoms with Crippen molar-refractivity contribution in [3.63, 3.8) is 0 Å². The zero-order valence-corrected chi connectivity index (χ0v) is 11.4. The molecule has 0 radical (unpaired) electrons. The minimum absolute atomic E-state index is 0.151. The first-order valence-corrected chi connectivity index (χ1v) is 6.23. The van der Waals surface area contributed by atoms with Gasteiger partial charge in [0.2, 0.25) is 5.95 Å². The fourth-order valence-electron chi connectivity index (χ4n) is 1.84. The van der Waals surface area contributed by atoms with E-state index in [0.29, 0.717) is 16.8 Å². The largest absolute Gasteiger partial charge is 0.291 e. The van der Waals surface area contributed by atoms with Gasteiger partial charge in [0.05, 0.1) is 5.56 Å². The highest BCUT2D eigenvalue weighted by Crippen LogP contribution is 2.06. The first-order valence-electron chi connectivity index (χ1n) is 6.23. The number of aryl methyl sites for hydroxylation is 1. The van der Waals surface area contributed by atoms with Gasteiger partial charge in [0.1, 0.15) is 0 Å². The number of aromatic nitrogens is 5. The molecule has 3 aromatic rings. The van der Waals surface area contributed by atoms with Gasteiger partial charge in [0, 0.05) is 23.7 Å². The monoisotopic (exact) mass is 284 g/mol. The summed E-state index contributed by atoms with van der Waals surface area (Å²) in [5.74, 6) is -0.00770. The van der Waals surface area contributed by atoms with Crippen LogP contribution in [0.2, 0.25) is 0 Å². The number of nitrogens with one attached hydrogen (secondary N) is 2. The van der Waals surface area contributed by atoms with E-state index in [0.717, 1.165) is 0 Å². The van der Waals surface area contributed by atoms with Crippen molar-refractivity contribution in [3.8, 4) is 0 Å². The van der Waals surface area contributed by atoms with Gasteiger partial charge in [-0.25, -0.2) is 4.98 Å². The first kappa shape index (κ1) is 13.0. The maximum absolute atomic E-state index is 12.0. The van der Waals surface area contributed by atoms with E-state index in [2.05, 4.69) is 25.4 Å². The molecular formula is C13H12N6O2. The smallest absolute Gasteiger partial charge is 0.277 e. The number of nitrogens with zero attached hydrogens (tertiary/aromatic N) is 4. The molecule has 3 aromatic heterocycles. The Bertz CT molecular complexity index is 881. The number of carbonyl (C=O) groups is 1. The molecule has 0 aromatic carbocycles. The van der Waals surface area contributed by atoms with E-state index in [1.165, 1.54) is 10.7 Å². The number of rotatable bonds is 2. The standard InChI is InChI=1S/C13H12N6O2/c1-7-8(2)15-13-17-12(18-19(13)11(7)21)16-10(20)9-4-3-5-14-6-9/h3-6H,1-2H3,(H2,15,16,17,18,20). The van der Waals surface area contributed by atoms with Crippen molar-refractivity contribution in [1.29, 1.82) is 0 Å². The van der Waals surface area contributed by atoms with Crippen LogP contribution in [0.1, 0.15) is 21.6 Å². The van der Waals surface area contributed by atoms with Gasteiger partial charge in [0.25, 0.3) is 17.2 Å². The van der Waals surface area contributed by atoms with Crippen molar-refractivity contribution < 1.29 is 4.79 Å². The van der Waals surface area contributed by atoms with Crippen LogP contribution in [0.15, 0.2) is 29.3 Å². The number of fused-ring (bicyclic) bond motifs is 1. The maximum atomic E-state index is 12.0. The zero-order chi connectivity index (χ0) is 15.0. The number of pyridine rings is 1. The molecule has 21 heavy (non-hydrogen) atoms. The fourth-order valence-corrected chi connectivity index (χ4v) is 1.84. The van der Waals surface area contributed by atoms with Crippen LogP contribution in [0.25, 0.3) is 5.78 Å². The van der Waals surface area contributed by atoms with Gasteiger partial charge in [-0.3, -0.25) is 25.0 Å². The summed E-state index contributed by atoms with van der Waals surface area (Å²) >= 11 is 0. The molecule has 8 heteroatoms. The summed E-state index contributed by atoms with van der Waals surface area (Å²) in [6.07, 6.45) is 3.02. The molecule has 3 heterocycles. The van der Waals surface area contributed by atoms with Gasteiger partial charge in [-0.2, -0.15) is 9.50 Å². The summed E-state index contributed by atoms with van der Waals surface area (Å²) < 4.78 is 1.20. The summed E-state index contributed by atoms with van der Waals surface area (Å²) in [4.78, 5) is 36.2. The van der Waals surface area contributed by atoms with Gasteiger partial charge < -0.3 is 0 Å². The summed E-state index contributed by atoms with van der Waals surface area (Å²) in [6, 6.07) is 3.29. The van der Waals surface area contributed by atoms with Crippen LogP contribution in [0.4, 0.5) is 5.95 Å². The van der Waals surface area contributed by atoms with E-state index in [9.17, 15) is 9.59 Å². The van der Waals surface area contributed by atoms with Gasteiger partial charge in [-0.1, -0.05) is 0 Å². The lowest BCUT2D eigenvalue weighted by molar-refractivity contribution is 0.102. The quantitative estimate of drug-likeness (QED) is 0.720. The number of aromatic amines is 1. The fraction of sp³-hybridized carbons (Fsp3) is 0.154. The predicted octanol–water partition coefficient (Wildman–Crippen LogP) is 0.682. The summed E-state index contributed by atoms with van der Waals surface area (Å²) in [7, 11) is 0. The van der Waals surface area contributed by atoms with Crippen molar-refractivity contribution in [3.05, 3.63) is 51.7 Å². The molecule has 0 aliphatic rings. The predicted molar refractivity (Wildman–Crippen MR) is 75.3 cm³/mol. The van der Waals surface area contributed by atoms with E-state index in [4.69, 9.17) is 0 Å². The number of H-pyrrole nitrogens is 1. The maximum Gasteiger partial charge on any atom is 0.277 e. The molecule has 0 saturated heterocycles. The Morgan fingerprint density at radius 3 is 2.86 bits per heavy atom. The van der Waals surface area contributed by atoms with Gasteiger partial charge in [-0.15, -0.1) is 0 Å². The lowest BCUT2D eigenvalue weighted by Crippen LogP contribution is -2.19. The Labute approximate surface area is 118 Å². The van der Waals surface area contributed by atoms with E-state index < -0.39 is 0 Å². The SMILES string of the molecule is Cc1nc2nc(NC(=O)c3cccnc3)[nH]n2c(=O)c1C. The zero-order valence-electron chi connectivity index (χ0n) is 11.4. The second-order valence-electron chi connectivity index (χ2n) is 4.53. The Morgan fingerprint density at radius 1 is 1.33 bits per heavy atom. The molecule has 0 spiro atoms. The number of hydrogen-bond acceptors (Lipinski definition) is 5. The number of carbonyl (C=O) groups excluding carboxylic acids is 1. The van der Waals surface area contributed by atoms with Crippen molar-refractivity contribution in [1.82, 2.24) is 24.6 Å². The lowest BCUT2D eigenvalue weighted by atomic mass is 10.3. The Morgan fingerprint density at radius 2 is 2.14 bits per heavy atom. The third-order valence-corrected chi connectivity index (χ3v) is 3.12. The third kappa shape index (κ3) is 2.27. The Kier molecular flexibility index (Phi) is 2.98. The third-order valence-electron chi connectivity index (χ3n) is 3.12. The van der Waals surface area contributed by atoms with E-state index in [1.54, 1.807) is 32.2 Å². The molecule has 0 saturated carbocycles. The van der Waals surface area contributed by atoms with Crippen molar-refractivity contribution in [2.45, 2.75) is 13.8 Å². The minimum atomic E-state index is -0.372. The van der Waals surface area contributed by atoms with Crippen LogP contribution in [-0.4, -0.2) is 30.5 Å². The second-order valence-corrected chi connectivity index (χ2v) is 4.53. The summed E-state index contributed by atoms with van der Waals surface area (Å²) in [6.45, 7) is 3.42. The molecule has 0 aliphatic carbocycles. The van der Waals surface area contributed by atoms with Crippen molar-refractivity contribution in [2.75, 3.05) is 5.32 Å². The van der Waals surface area contributed by atoms with Crippen LogP contribution in [0.3, 0.4) is 0 Å². The normalized spacial score (nSPS) is 10.8. The highest BCUT2D eigenvalue weighted by molar-refractivity contribution is 6.03. The lowest BCUT2D eigenvalue weighted by Gasteiger charge is -1.99. The Hall–Kier alpha value is -3.03. The van der Waals surface area contributed by atoms with E-state index in [-0.39, 0.29) is 23.2 Å². The molecule has 0 unspecified atom stereocenters. The van der Waals surface area contributed by atoms with Crippen LogP contribution in [-0.2, 0) is 0 Å². The van der Waals surface area contributed by atoms with Crippen molar-refractivity contribution >= 4 is 17.6 Å². The van der Waals surface area contributed by atoms with Crippen LogP contribution in [0, 0.1) is 13.8 Å². The molecule has 3 rings (SSSR count). The van der Waals surface area contributed by atoms with Crippen molar-refractivity contribution in [2.24, 2.45) is 0 Å².